The van der Waals surface area contributed by atoms with E-state index >= 15 is 0 Å². The maximum atomic E-state index is 11.3. The van der Waals surface area contributed by atoms with Crippen molar-refractivity contribution in [3.63, 3.8) is 0 Å². The molecule has 1 heterocycles. The van der Waals surface area contributed by atoms with E-state index in [1.165, 1.54) is 0 Å². The molecular weight excluding hydrogens is 201 g/mol. The Morgan fingerprint density at radius 1 is 1.33 bits per heavy atom. The molecule has 1 rings (SSSR count). The monoisotopic (exact) mass is 217 g/mol. The maximum Gasteiger partial charge on any atom is 0.313 e. The van der Waals surface area contributed by atoms with Gasteiger partial charge in [0.25, 0.3) is 0 Å². The third-order valence-corrected chi connectivity index (χ3v) is 2.00. The molecule has 1 aliphatic rings. The van der Waals surface area contributed by atoms with Crippen LogP contribution in [0.15, 0.2) is 0 Å². The molecule has 0 aliphatic carbocycles. The van der Waals surface area contributed by atoms with Crippen molar-refractivity contribution in [1.82, 2.24) is 0 Å². The summed E-state index contributed by atoms with van der Waals surface area (Å²) in [6, 6.07) is 0. The molecule has 0 atom stereocenters. The van der Waals surface area contributed by atoms with E-state index in [4.69, 9.17) is 9.47 Å². The van der Waals surface area contributed by atoms with Crippen molar-refractivity contribution in [2.24, 2.45) is 0 Å². The van der Waals surface area contributed by atoms with Gasteiger partial charge in [0, 0.05) is 12.8 Å². The van der Waals surface area contributed by atoms with Gasteiger partial charge >= 0.3 is 5.97 Å². The van der Waals surface area contributed by atoms with Gasteiger partial charge in [0.15, 0.2) is 6.29 Å². The van der Waals surface area contributed by atoms with Crippen LogP contribution in [0, 0.1) is 0 Å². The topological polar surface area (TPSA) is 61.8 Å². The lowest BCUT2D eigenvalue weighted by Crippen LogP contribution is -2.14. The van der Waals surface area contributed by atoms with Crippen molar-refractivity contribution in [2.45, 2.75) is 32.5 Å². The molecule has 0 saturated carbocycles. The molecular formula is C10H16O5. The third-order valence-electron chi connectivity index (χ3n) is 2.00. The van der Waals surface area contributed by atoms with Gasteiger partial charge in [-0.3, -0.25) is 9.59 Å². The first-order chi connectivity index (χ1) is 7.22. The van der Waals surface area contributed by atoms with Gasteiger partial charge in [-0.15, -0.1) is 0 Å². The van der Waals surface area contributed by atoms with E-state index in [2.05, 4.69) is 4.74 Å². The molecule has 0 amide bonds. The first kappa shape index (κ1) is 12.1. The summed E-state index contributed by atoms with van der Waals surface area (Å²) >= 11 is 0. The van der Waals surface area contributed by atoms with E-state index in [0.717, 1.165) is 0 Å². The van der Waals surface area contributed by atoms with Crippen LogP contribution in [0.5, 0.6) is 0 Å². The van der Waals surface area contributed by atoms with Gasteiger partial charge in [0.1, 0.15) is 12.2 Å². The van der Waals surface area contributed by atoms with Crippen LogP contribution in [0.25, 0.3) is 0 Å². The van der Waals surface area contributed by atoms with Crippen molar-refractivity contribution in [1.29, 1.82) is 0 Å². The van der Waals surface area contributed by atoms with Crippen LogP contribution in [0.4, 0.5) is 0 Å². The first-order valence-electron chi connectivity index (χ1n) is 5.13. The van der Waals surface area contributed by atoms with Crippen LogP contribution in [-0.2, 0) is 23.8 Å². The fourth-order valence-electron chi connectivity index (χ4n) is 1.31. The van der Waals surface area contributed by atoms with Crippen LogP contribution in [0.1, 0.15) is 26.2 Å². The van der Waals surface area contributed by atoms with Crippen LogP contribution < -0.4 is 0 Å². The van der Waals surface area contributed by atoms with Crippen molar-refractivity contribution >= 4 is 11.8 Å². The Kier molecular flexibility index (Phi) is 5.28. The van der Waals surface area contributed by atoms with Crippen LogP contribution >= 0.6 is 0 Å². The van der Waals surface area contributed by atoms with E-state index in [-0.39, 0.29) is 18.5 Å². The minimum Gasteiger partial charge on any atom is -0.466 e. The number of ether oxygens (including phenoxy) is 3. The second-order valence-electron chi connectivity index (χ2n) is 3.23. The predicted octanol–water partition coefficient (Wildman–Crippen LogP) is 0.662. The summed E-state index contributed by atoms with van der Waals surface area (Å²) < 4.78 is 15.0. The molecule has 0 aromatic heterocycles. The lowest BCUT2D eigenvalue weighted by atomic mass is 10.3. The number of esters is 1. The Hall–Kier alpha value is -0.940. The Bertz CT molecular complexity index is 220. The zero-order chi connectivity index (χ0) is 11.1. The molecule has 0 N–H and O–H groups in total. The highest BCUT2D eigenvalue weighted by molar-refractivity contribution is 5.95. The lowest BCUT2D eigenvalue weighted by Gasteiger charge is -2.07. The maximum absolute atomic E-state index is 11.3. The molecule has 0 bridgehead atoms. The van der Waals surface area contributed by atoms with Gasteiger partial charge in [0.2, 0.25) is 0 Å². The lowest BCUT2D eigenvalue weighted by molar-refractivity contribution is -0.145. The molecule has 5 heteroatoms. The quantitative estimate of drug-likeness (QED) is 0.371. The smallest absolute Gasteiger partial charge is 0.313 e. The highest BCUT2D eigenvalue weighted by Crippen LogP contribution is 2.11. The minimum absolute atomic E-state index is 0.132. The number of carbonyl (C=O) groups is 2. The number of ketones is 1. The van der Waals surface area contributed by atoms with Crippen molar-refractivity contribution in [3.05, 3.63) is 0 Å². The zero-order valence-electron chi connectivity index (χ0n) is 8.86. The van der Waals surface area contributed by atoms with Crippen LogP contribution in [0.2, 0.25) is 0 Å². The Morgan fingerprint density at radius 3 is 2.60 bits per heavy atom. The molecule has 1 fully saturated rings. The van der Waals surface area contributed by atoms with Crippen LogP contribution in [0.3, 0.4) is 0 Å². The normalized spacial score (nSPS) is 16.6. The fraction of sp³-hybridized carbons (Fsp3) is 0.800. The highest BCUT2D eigenvalue weighted by Gasteiger charge is 2.18. The predicted molar refractivity (Wildman–Crippen MR) is 51.2 cm³/mol. The van der Waals surface area contributed by atoms with Gasteiger partial charge in [-0.25, -0.2) is 0 Å². The van der Waals surface area contributed by atoms with Crippen molar-refractivity contribution in [3.8, 4) is 0 Å². The Labute approximate surface area is 88.7 Å². The molecule has 0 radical (unpaired) electrons. The summed E-state index contributed by atoms with van der Waals surface area (Å²) in [5.41, 5.74) is 0. The summed E-state index contributed by atoms with van der Waals surface area (Å²) in [6.07, 6.45) is 0.374. The van der Waals surface area contributed by atoms with Gasteiger partial charge in [0.05, 0.1) is 19.8 Å². The van der Waals surface area contributed by atoms with Crippen molar-refractivity contribution < 1.29 is 23.8 Å². The average molecular weight is 217 g/mol. The van der Waals surface area contributed by atoms with Gasteiger partial charge in [-0.05, 0) is 6.92 Å². The number of Topliss-reactive ketones (excluding diaryl/α,β-unsaturated/α-hetero) is 1. The number of hydrogen-bond acceptors (Lipinski definition) is 5. The molecule has 1 aliphatic heterocycles. The standard InChI is InChI=1S/C10H16O5/c1-2-13-9(12)7-8(11)3-4-10-14-5-6-15-10/h10H,2-7H2,1H3/i3+1. The van der Waals surface area contributed by atoms with E-state index in [1.807, 2.05) is 0 Å². The molecule has 0 unspecified atom stereocenters. The molecule has 0 aromatic carbocycles. The summed E-state index contributed by atoms with van der Waals surface area (Å²) in [5, 5.41) is 0. The Balaban J connectivity index is 2.09. The summed E-state index contributed by atoms with van der Waals surface area (Å²) in [6.45, 7) is 3.18. The average Bonchev–Trinajstić information content (AvgIpc) is 2.67. The highest BCUT2D eigenvalue weighted by atomic mass is 16.7. The molecule has 15 heavy (non-hydrogen) atoms. The van der Waals surface area contributed by atoms with E-state index in [0.29, 0.717) is 32.7 Å². The summed E-state index contributed by atoms with van der Waals surface area (Å²) in [4.78, 5) is 22.2. The molecule has 86 valence electrons. The summed E-state index contributed by atoms with van der Waals surface area (Å²) in [7, 11) is 0. The number of hydrogen-bond donors (Lipinski definition) is 0. The summed E-state index contributed by atoms with van der Waals surface area (Å²) in [5.74, 6) is -0.594. The number of carbonyl (C=O) groups excluding carboxylic acids is 2. The minimum atomic E-state index is -0.462. The van der Waals surface area contributed by atoms with E-state index in [1.54, 1.807) is 6.92 Å². The molecule has 0 spiro atoms. The third kappa shape index (κ3) is 4.90. The second-order valence-corrected chi connectivity index (χ2v) is 3.23. The van der Waals surface area contributed by atoms with E-state index < -0.39 is 5.97 Å². The largest absolute Gasteiger partial charge is 0.466 e. The Morgan fingerprint density at radius 2 is 2.00 bits per heavy atom. The SMILES string of the molecule is CCOC(=O)CC(=O)[13CH2]CC1OCCO1. The van der Waals surface area contributed by atoms with Crippen LogP contribution in [-0.4, -0.2) is 37.9 Å². The zero-order valence-corrected chi connectivity index (χ0v) is 8.86. The van der Waals surface area contributed by atoms with Crippen molar-refractivity contribution in [2.75, 3.05) is 19.8 Å². The van der Waals surface area contributed by atoms with Gasteiger partial charge < -0.3 is 14.2 Å². The number of rotatable bonds is 6. The first-order valence-corrected chi connectivity index (χ1v) is 5.13. The fourth-order valence-corrected chi connectivity index (χ4v) is 1.31. The second kappa shape index (κ2) is 6.53. The molecule has 1 saturated heterocycles. The molecule has 0 aromatic rings. The van der Waals surface area contributed by atoms with Gasteiger partial charge in [-0.2, -0.15) is 0 Å². The van der Waals surface area contributed by atoms with E-state index in [9.17, 15) is 9.59 Å². The van der Waals surface area contributed by atoms with Gasteiger partial charge in [-0.1, -0.05) is 0 Å². The molecule has 5 nitrogen and oxygen atoms in total.